The number of carbonyl (C=O) groups is 1. The van der Waals surface area contributed by atoms with Crippen molar-refractivity contribution < 1.29 is 23.6 Å². The van der Waals surface area contributed by atoms with Gasteiger partial charge in [0, 0.05) is 18.1 Å². The van der Waals surface area contributed by atoms with E-state index in [2.05, 4.69) is 5.32 Å². The highest BCUT2D eigenvalue weighted by atomic mass is 16.7. The van der Waals surface area contributed by atoms with Crippen LogP contribution in [-0.4, -0.2) is 36.6 Å². The lowest BCUT2D eigenvalue weighted by Gasteiger charge is -2.32. The molecule has 1 aliphatic heterocycles. The molecular formula is C19H30BNO5. The molecule has 1 fully saturated rings. The second kappa shape index (κ2) is 7.49. The molecule has 1 amide bonds. The SMILES string of the molecule is CC(C)(C)OC(=O)Nc1cccc(OCCB2OC(C)(C)C(C)(C)O2)c1. The Morgan fingerprint density at radius 2 is 1.77 bits per heavy atom. The highest BCUT2D eigenvalue weighted by Gasteiger charge is 2.50. The Hall–Kier alpha value is -1.73. The molecule has 2 rings (SSSR count). The number of hydrogen-bond acceptors (Lipinski definition) is 5. The number of hydrogen-bond donors (Lipinski definition) is 1. The molecule has 0 radical (unpaired) electrons. The first-order valence-corrected chi connectivity index (χ1v) is 8.96. The molecule has 1 aliphatic rings. The van der Waals surface area contributed by atoms with E-state index in [-0.39, 0.29) is 18.3 Å². The van der Waals surface area contributed by atoms with E-state index >= 15 is 0 Å². The summed E-state index contributed by atoms with van der Waals surface area (Å²) in [5.74, 6) is 0.662. The Bertz CT molecular complexity index is 623. The van der Waals surface area contributed by atoms with Crippen LogP contribution < -0.4 is 10.1 Å². The molecule has 0 aliphatic carbocycles. The van der Waals surface area contributed by atoms with E-state index in [1.54, 1.807) is 12.1 Å². The van der Waals surface area contributed by atoms with Gasteiger partial charge in [0.15, 0.2) is 0 Å². The summed E-state index contributed by atoms with van der Waals surface area (Å²) < 4.78 is 22.9. The van der Waals surface area contributed by atoms with Gasteiger partial charge in [0.2, 0.25) is 0 Å². The van der Waals surface area contributed by atoms with Crippen LogP contribution >= 0.6 is 0 Å². The molecule has 0 spiro atoms. The van der Waals surface area contributed by atoms with Gasteiger partial charge in [-0.2, -0.15) is 0 Å². The zero-order valence-corrected chi connectivity index (χ0v) is 16.8. The van der Waals surface area contributed by atoms with E-state index in [9.17, 15) is 4.79 Å². The van der Waals surface area contributed by atoms with Gasteiger partial charge in [-0.3, -0.25) is 5.32 Å². The van der Waals surface area contributed by atoms with E-state index in [0.29, 0.717) is 24.4 Å². The van der Waals surface area contributed by atoms with Crippen molar-refractivity contribution in [1.82, 2.24) is 0 Å². The van der Waals surface area contributed by atoms with Crippen LogP contribution in [0.3, 0.4) is 0 Å². The van der Waals surface area contributed by atoms with Gasteiger partial charge in [0.05, 0.1) is 17.8 Å². The van der Waals surface area contributed by atoms with Gasteiger partial charge < -0.3 is 18.8 Å². The number of rotatable bonds is 5. The van der Waals surface area contributed by atoms with Crippen molar-refractivity contribution in [3.63, 3.8) is 0 Å². The largest absolute Gasteiger partial charge is 0.494 e. The van der Waals surface area contributed by atoms with Gasteiger partial charge >= 0.3 is 13.2 Å². The summed E-state index contributed by atoms with van der Waals surface area (Å²) in [7, 11) is -0.289. The topological polar surface area (TPSA) is 66.0 Å². The van der Waals surface area contributed by atoms with Crippen molar-refractivity contribution in [2.75, 3.05) is 11.9 Å². The first-order valence-electron chi connectivity index (χ1n) is 8.96. The van der Waals surface area contributed by atoms with Crippen LogP contribution in [-0.2, 0) is 14.0 Å². The van der Waals surface area contributed by atoms with Crippen molar-refractivity contribution >= 4 is 18.9 Å². The highest BCUT2D eigenvalue weighted by molar-refractivity contribution is 6.45. The number of benzene rings is 1. The maximum absolute atomic E-state index is 11.8. The van der Waals surface area contributed by atoms with Gasteiger partial charge in [0.1, 0.15) is 11.4 Å². The van der Waals surface area contributed by atoms with Crippen LogP contribution in [0.5, 0.6) is 5.75 Å². The molecule has 1 aromatic carbocycles. The molecule has 0 bridgehead atoms. The molecule has 6 nitrogen and oxygen atoms in total. The maximum Gasteiger partial charge on any atom is 0.461 e. The molecule has 1 heterocycles. The van der Waals surface area contributed by atoms with Gasteiger partial charge in [-0.25, -0.2) is 4.79 Å². The van der Waals surface area contributed by atoms with Crippen molar-refractivity contribution in [2.24, 2.45) is 0 Å². The summed E-state index contributed by atoms with van der Waals surface area (Å²) in [5.41, 5.74) is -0.599. The Morgan fingerprint density at radius 3 is 2.35 bits per heavy atom. The van der Waals surface area contributed by atoms with E-state index in [1.807, 2.05) is 60.6 Å². The number of ether oxygens (including phenoxy) is 2. The fourth-order valence-electron chi connectivity index (χ4n) is 2.44. The van der Waals surface area contributed by atoms with E-state index < -0.39 is 11.7 Å². The summed E-state index contributed by atoms with van der Waals surface area (Å²) in [5, 5.41) is 2.70. The molecule has 26 heavy (non-hydrogen) atoms. The van der Waals surface area contributed by atoms with Gasteiger partial charge in [-0.05, 0) is 60.6 Å². The molecule has 7 heteroatoms. The second-order valence-electron chi connectivity index (χ2n) is 8.48. The minimum absolute atomic E-state index is 0.289. The highest BCUT2D eigenvalue weighted by Crippen LogP contribution is 2.37. The lowest BCUT2D eigenvalue weighted by atomic mass is 9.86. The summed E-state index contributed by atoms with van der Waals surface area (Å²) in [6.07, 6.45) is 0.128. The molecular weight excluding hydrogens is 333 g/mol. The van der Waals surface area contributed by atoms with Crippen LogP contribution in [0, 0.1) is 0 Å². The van der Waals surface area contributed by atoms with Crippen LogP contribution in [0.1, 0.15) is 48.5 Å². The minimum Gasteiger partial charge on any atom is -0.494 e. The normalized spacial score (nSPS) is 18.5. The minimum atomic E-state index is -0.541. The fourth-order valence-corrected chi connectivity index (χ4v) is 2.44. The average molecular weight is 363 g/mol. The van der Waals surface area contributed by atoms with E-state index in [4.69, 9.17) is 18.8 Å². The maximum atomic E-state index is 11.8. The molecule has 0 atom stereocenters. The third-order valence-corrected chi connectivity index (χ3v) is 4.40. The molecule has 0 saturated carbocycles. The molecule has 0 aromatic heterocycles. The predicted molar refractivity (Wildman–Crippen MR) is 103 cm³/mol. The predicted octanol–water partition coefficient (Wildman–Crippen LogP) is 4.50. The van der Waals surface area contributed by atoms with Gasteiger partial charge in [-0.1, -0.05) is 6.07 Å². The zero-order chi connectivity index (χ0) is 19.6. The Balaban J connectivity index is 1.83. The fraction of sp³-hybridized carbons (Fsp3) is 0.632. The molecule has 1 aromatic rings. The second-order valence-corrected chi connectivity index (χ2v) is 8.48. The van der Waals surface area contributed by atoms with Crippen molar-refractivity contribution in [2.45, 2.75) is 71.6 Å². The monoisotopic (exact) mass is 363 g/mol. The number of amides is 1. The summed E-state index contributed by atoms with van der Waals surface area (Å²) in [4.78, 5) is 11.8. The van der Waals surface area contributed by atoms with Gasteiger partial charge in [-0.15, -0.1) is 0 Å². The smallest absolute Gasteiger partial charge is 0.461 e. The number of carbonyl (C=O) groups excluding carboxylic acids is 1. The first-order chi connectivity index (χ1) is 11.9. The van der Waals surface area contributed by atoms with Gasteiger partial charge in [0.25, 0.3) is 0 Å². The molecule has 144 valence electrons. The van der Waals surface area contributed by atoms with Crippen molar-refractivity contribution in [3.05, 3.63) is 24.3 Å². The lowest BCUT2D eigenvalue weighted by Crippen LogP contribution is -2.41. The first kappa shape index (κ1) is 20.6. The molecule has 1 N–H and O–H groups in total. The van der Waals surface area contributed by atoms with Crippen molar-refractivity contribution in [3.8, 4) is 5.75 Å². The van der Waals surface area contributed by atoms with E-state index in [0.717, 1.165) is 0 Å². The summed E-state index contributed by atoms with van der Waals surface area (Å²) in [6, 6.07) is 7.19. The van der Waals surface area contributed by atoms with Crippen LogP contribution in [0.4, 0.5) is 10.5 Å². The Labute approximate surface area is 156 Å². The van der Waals surface area contributed by atoms with E-state index in [1.165, 1.54) is 0 Å². The van der Waals surface area contributed by atoms with Crippen LogP contribution in [0.2, 0.25) is 6.32 Å². The quantitative estimate of drug-likeness (QED) is 0.780. The number of anilines is 1. The van der Waals surface area contributed by atoms with Crippen LogP contribution in [0.25, 0.3) is 0 Å². The lowest BCUT2D eigenvalue weighted by molar-refractivity contribution is 0.00578. The Morgan fingerprint density at radius 1 is 1.15 bits per heavy atom. The summed E-state index contributed by atoms with van der Waals surface area (Å²) >= 11 is 0. The Kier molecular flexibility index (Phi) is 5.93. The third kappa shape index (κ3) is 5.64. The number of nitrogens with one attached hydrogen (secondary N) is 1. The third-order valence-electron chi connectivity index (χ3n) is 4.40. The van der Waals surface area contributed by atoms with Crippen molar-refractivity contribution in [1.29, 1.82) is 0 Å². The molecule has 1 saturated heterocycles. The standard InChI is InChI=1S/C19H30BNO5/c1-17(2,3)24-16(22)21-14-9-8-10-15(13-14)23-12-11-20-25-18(4,5)19(6,7)26-20/h8-10,13H,11-12H2,1-7H3,(H,21,22). The summed E-state index contributed by atoms with van der Waals surface area (Å²) in [6.45, 7) is 14.0. The average Bonchev–Trinajstić information content (AvgIpc) is 2.64. The van der Waals surface area contributed by atoms with Crippen LogP contribution in [0.15, 0.2) is 24.3 Å². The molecule has 0 unspecified atom stereocenters. The zero-order valence-electron chi connectivity index (χ0n) is 16.8.